The Kier molecular flexibility index (Phi) is 20.8. The van der Waals surface area contributed by atoms with Crippen LogP contribution in [0.2, 0.25) is 0 Å². The summed E-state index contributed by atoms with van der Waals surface area (Å²) in [4.78, 5) is 0. The fraction of sp³-hybridized carbons (Fsp3) is 0. The molecule has 0 aliphatic heterocycles. The zero-order valence-electron chi connectivity index (χ0n) is 1.20. The minimum absolute atomic E-state index is 0. The summed E-state index contributed by atoms with van der Waals surface area (Å²) >= 11 is 1.20. The molecule has 0 spiro atoms. The molecule has 0 aliphatic carbocycles. The maximum atomic E-state index is 3.56. The van der Waals surface area contributed by atoms with Crippen LogP contribution in [0, 0.1) is 0 Å². The van der Waals surface area contributed by atoms with Crippen LogP contribution in [-0.2, 0) is 12.7 Å². The molecule has 0 N–H and O–H groups in total. The molecule has 0 aromatic rings. The van der Waals surface area contributed by atoms with Crippen molar-refractivity contribution in [2.75, 3.05) is 0 Å². The van der Waals surface area contributed by atoms with Crippen molar-refractivity contribution in [2.45, 2.75) is 0 Å². The monoisotopic (exact) mass is 133 g/mol. The summed E-state index contributed by atoms with van der Waals surface area (Å²) in [6.45, 7) is 0. The second-order valence-electron chi connectivity index (χ2n) is 0.0603. The zero-order valence-corrected chi connectivity index (χ0v) is 3.93. The fourth-order valence-electron chi connectivity index (χ4n) is 0. The standard InChI is InChI=1S/Cu.Li.2P.H. The number of hydrogen-bond donors (Lipinski definition) is 0. The summed E-state index contributed by atoms with van der Waals surface area (Å²) < 4.78 is 0. The molecule has 0 unspecified atom stereocenters. The average molecular weight is 133 g/mol. The van der Waals surface area contributed by atoms with E-state index in [0.29, 0.717) is 0 Å². The van der Waals surface area contributed by atoms with Gasteiger partial charge in [0.2, 0.25) is 0 Å². The second kappa shape index (κ2) is 8.88. The molecule has 0 amide bonds. The Bertz CT molecular complexity index is 79.2. The minimum atomic E-state index is 0. The molecule has 0 aromatic heterocycles. The van der Waals surface area contributed by atoms with Crippen LogP contribution in [0.25, 0.3) is 0 Å². The van der Waals surface area contributed by atoms with E-state index in [0.717, 1.165) is 0 Å². The van der Waals surface area contributed by atoms with Gasteiger partial charge in [-0.2, -0.15) is 0 Å². The van der Waals surface area contributed by atoms with Crippen molar-refractivity contribution in [3.8, 4) is 0 Å². The van der Waals surface area contributed by atoms with E-state index in [4.69, 9.17) is 0 Å². The topological polar surface area (TPSA) is 0 Å². The molecule has 0 aromatic carbocycles. The molecule has 0 saturated heterocycles. The number of rotatable bonds is 0. The molecule has 23 valence electrons. The molecule has 0 rings (SSSR count). The summed E-state index contributed by atoms with van der Waals surface area (Å²) in [6, 6.07) is 0. The molecule has 0 atom stereocenters. The first-order valence-electron chi connectivity index (χ1n) is 0.270. The molecule has 0 radical (unpaired) electrons. The Balaban J connectivity index is 0. The van der Waals surface area contributed by atoms with Gasteiger partial charge < -0.3 is 0 Å². The van der Waals surface area contributed by atoms with Crippen LogP contribution in [-0.4, -0.2) is 18.9 Å². The molecular formula is HCuLiP2. The second-order valence-corrected chi connectivity index (χ2v) is 2.24. The average Bonchev–Trinajstić information content (AvgIpc) is 0.918. The van der Waals surface area contributed by atoms with E-state index >= 15 is 0 Å². The molecule has 0 heterocycles. The van der Waals surface area contributed by atoms with Crippen molar-refractivity contribution in [3.63, 3.8) is 0 Å². The van der Waals surface area contributed by atoms with E-state index in [1.165, 1.54) is 12.7 Å². The van der Waals surface area contributed by atoms with Crippen molar-refractivity contribution in [1.29, 1.82) is 0 Å². The predicted molar refractivity (Wildman–Crippen MR) is 21.0 cm³/mol. The third-order valence-electron chi connectivity index (χ3n) is 0. The SMILES string of the molecule is [LiH].[P]#[Cu]#[P]. The van der Waals surface area contributed by atoms with Gasteiger partial charge in [-0.25, -0.2) is 0 Å². The third kappa shape index (κ3) is 9.02. The number of hydrogen-bond acceptors (Lipinski definition) is 0. The molecule has 0 aliphatic rings. The summed E-state index contributed by atoms with van der Waals surface area (Å²) in [5.41, 5.74) is 0. The van der Waals surface area contributed by atoms with E-state index in [9.17, 15) is 0 Å². The van der Waals surface area contributed by atoms with Crippen molar-refractivity contribution in [2.24, 2.45) is 0 Å². The fourth-order valence-corrected chi connectivity index (χ4v) is 0. The Morgan fingerprint density at radius 3 is 1.25 bits per heavy atom. The molecular weight excluding hydrogens is 132 g/mol. The third-order valence-corrected chi connectivity index (χ3v) is 0. The Hall–Kier alpha value is 1.98. The summed E-state index contributed by atoms with van der Waals surface area (Å²) in [6.07, 6.45) is 0. The predicted octanol–water partition coefficient (Wildman–Crippen LogP) is 1.07. The van der Waals surface area contributed by atoms with Crippen LogP contribution in [0.15, 0.2) is 0 Å². The first-order valence-corrected chi connectivity index (χ1v) is 3.34. The normalized spacial score (nSPS) is 3.50. The van der Waals surface area contributed by atoms with Gasteiger partial charge in [-0.3, -0.25) is 0 Å². The van der Waals surface area contributed by atoms with Crippen LogP contribution in [0.5, 0.6) is 0 Å². The Morgan fingerprint density at radius 1 is 1.25 bits per heavy atom. The van der Waals surface area contributed by atoms with Crippen molar-refractivity contribution in [3.05, 3.63) is 0 Å². The van der Waals surface area contributed by atoms with E-state index in [2.05, 4.69) is 14.5 Å². The van der Waals surface area contributed by atoms with Gasteiger partial charge in [0.25, 0.3) is 0 Å². The van der Waals surface area contributed by atoms with Crippen molar-refractivity contribution < 1.29 is 12.7 Å². The van der Waals surface area contributed by atoms with Crippen LogP contribution in [0.4, 0.5) is 0 Å². The van der Waals surface area contributed by atoms with Gasteiger partial charge in [-0.1, -0.05) is 0 Å². The first kappa shape index (κ1) is 9.36. The molecule has 0 fully saturated rings. The van der Waals surface area contributed by atoms with E-state index in [-0.39, 0.29) is 18.9 Å². The van der Waals surface area contributed by atoms with E-state index < -0.39 is 0 Å². The van der Waals surface area contributed by atoms with Crippen molar-refractivity contribution in [1.82, 2.24) is 0 Å². The molecule has 0 bridgehead atoms. The maximum absolute atomic E-state index is 3.56. The first-order chi connectivity index (χ1) is 1.41. The molecule has 0 nitrogen and oxygen atoms in total. The van der Waals surface area contributed by atoms with Gasteiger partial charge in [0.15, 0.2) is 0 Å². The Labute approximate surface area is 46.1 Å². The van der Waals surface area contributed by atoms with Gasteiger partial charge in [0, 0.05) is 0 Å². The van der Waals surface area contributed by atoms with Gasteiger partial charge in [-0.15, -0.1) is 0 Å². The summed E-state index contributed by atoms with van der Waals surface area (Å²) in [7, 11) is 7.12. The van der Waals surface area contributed by atoms with Crippen molar-refractivity contribution >= 4 is 33.4 Å². The summed E-state index contributed by atoms with van der Waals surface area (Å²) in [5.74, 6) is 0. The van der Waals surface area contributed by atoms with Crippen LogP contribution < -0.4 is 0 Å². The molecule has 0 saturated carbocycles. The van der Waals surface area contributed by atoms with Gasteiger partial charge in [0.05, 0.1) is 0 Å². The van der Waals surface area contributed by atoms with Gasteiger partial charge in [0.1, 0.15) is 0 Å². The van der Waals surface area contributed by atoms with E-state index in [1.807, 2.05) is 0 Å². The Morgan fingerprint density at radius 2 is 1.25 bits per heavy atom. The van der Waals surface area contributed by atoms with E-state index in [1.54, 1.807) is 0 Å². The molecule has 4 heavy (non-hydrogen) atoms. The van der Waals surface area contributed by atoms with Gasteiger partial charge >= 0.3 is 46.1 Å². The van der Waals surface area contributed by atoms with Crippen LogP contribution in [0.1, 0.15) is 0 Å². The quantitative estimate of drug-likeness (QED) is 0.343. The zero-order chi connectivity index (χ0) is 2.71. The van der Waals surface area contributed by atoms with Crippen LogP contribution >= 0.6 is 14.5 Å². The van der Waals surface area contributed by atoms with Gasteiger partial charge in [-0.05, 0) is 0 Å². The molecule has 4 heteroatoms. The van der Waals surface area contributed by atoms with Crippen LogP contribution in [0.3, 0.4) is 0 Å². The summed E-state index contributed by atoms with van der Waals surface area (Å²) in [5, 5.41) is 0.